The van der Waals surface area contributed by atoms with Crippen LogP contribution in [0.15, 0.2) is 30.3 Å². The van der Waals surface area contributed by atoms with E-state index < -0.39 is 5.91 Å². The van der Waals surface area contributed by atoms with Gasteiger partial charge in [-0.05, 0) is 18.4 Å². The molecule has 0 spiro atoms. The summed E-state index contributed by atoms with van der Waals surface area (Å²) in [6.07, 6.45) is 1.99. The average Bonchev–Trinajstić information content (AvgIpc) is 2.28. The van der Waals surface area contributed by atoms with Crippen molar-refractivity contribution in [2.24, 2.45) is 0 Å². The van der Waals surface area contributed by atoms with E-state index in [9.17, 15) is 9.59 Å². The molecule has 0 bridgehead atoms. The summed E-state index contributed by atoms with van der Waals surface area (Å²) in [6.45, 7) is -0.190. The van der Waals surface area contributed by atoms with Crippen molar-refractivity contribution >= 4 is 11.8 Å². The van der Waals surface area contributed by atoms with Crippen LogP contribution in [-0.4, -0.2) is 18.4 Å². The number of carbonyl (C=O) groups excluding carboxylic acids is 2. The number of carbonyl (C=O) groups is 2. The summed E-state index contributed by atoms with van der Waals surface area (Å²) in [5, 5.41) is 2.39. The molecule has 1 radical (unpaired) electrons. The summed E-state index contributed by atoms with van der Waals surface area (Å²) >= 11 is 0. The van der Waals surface area contributed by atoms with Gasteiger partial charge in [-0.3, -0.25) is 15.3 Å². The fraction of sp³-hybridized carbons (Fsp3) is 0.333. The van der Waals surface area contributed by atoms with Crippen molar-refractivity contribution in [3.8, 4) is 0 Å². The number of rotatable bonds is 6. The summed E-state index contributed by atoms with van der Waals surface area (Å²) in [4.78, 5) is 21.5. The number of hydrogen-bond donors (Lipinski definition) is 1. The molecule has 2 amide bonds. The first-order chi connectivity index (χ1) is 7.68. The molecule has 16 heavy (non-hydrogen) atoms. The van der Waals surface area contributed by atoms with E-state index in [-0.39, 0.29) is 12.5 Å². The molecular weight excluding hydrogens is 204 g/mol. The van der Waals surface area contributed by atoms with Crippen LogP contribution in [0.2, 0.25) is 0 Å². The van der Waals surface area contributed by atoms with E-state index in [1.807, 2.05) is 30.3 Å². The number of hydrogen-bond acceptors (Lipinski definition) is 2. The van der Waals surface area contributed by atoms with Gasteiger partial charge >= 0.3 is 0 Å². The zero-order valence-corrected chi connectivity index (χ0v) is 9.03. The first kappa shape index (κ1) is 12.2. The largest absolute Gasteiger partial charge is 0.347 e. The van der Waals surface area contributed by atoms with Gasteiger partial charge in [0.2, 0.25) is 5.91 Å². The Morgan fingerprint density at radius 2 is 1.88 bits per heavy atom. The zero-order valence-electron chi connectivity index (χ0n) is 9.03. The summed E-state index contributed by atoms with van der Waals surface area (Å²) in [7, 11) is 0. The number of nitrogens with one attached hydrogen (secondary N) is 2. The molecule has 1 rings (SSSR count). The van der Waals surface area contributed by atoms with E-state index in [0.29, 0.717) is 6.42 Å². The standard InChI is InChI=1S/C12H15N2O2/c13-11(15)9-14-12(16)8-4-7-10-5-2-1-3-6-10/h1-3,5-6,13H,4,7-9H2,(H,14,16). The lowest BCUT2D eigenvalue weighted by Crippen LogP contribution is -2.29. The highest BCUT2D eigenvalue weighted by atomic mass is 16.2. The second-order valence-electron chi connectivity index (χ2n) is 3.54. The molecular formula is C12H15N2O2. The molecule has 0 unspecified atom stereocenters. The second kappa shape index (κ2) is 6.61. The molecule has 0 fully saturated rings. The third kappa shape index (κ3) is 5.14. The molecule has 0 atom stereocenters. The lowest BCUT2D eigenvalue weighted by molar-refractivity contribution is -0.125. The van der Waals surface area contributed by atoms with Crippen molar-refractivity contribution in [2.45, 2.75) is 19.3 Å². The van der Waals surface area contributed by atoms with Crippen LogP contribution < -0.4 is 11.1 Å². The summed E-state index contributed by atoms with van der Waals surface area (Å²) in [6, 6.07) is 9.93. The Morgan fingerprint density at radius 1 is 1.19 bits per heavy atom. The van der Waals surface area contributed by atoms with Gasteiger partial charge in [0, 0.05) is 6.42 Å². The molecule has 4 heteroatoms. The fourth-order valence-corrected chi connectivity index (χ4v) is 1.36. The van der Waals surface area contributed by atoms with Crippen LogP contribution >= 0.6 is 0 Å². The van der Waals surface area contributed by atoms with E-state index in [2.05, 4.69) is 5.32 Å². The van der Waals surface area contributed by atoms with Gasteiger partial charge in [-0.1, -0.05) is 30.3 Å². The molecule has 0 aliphatic rings. The van der Waals surface area contributed by atoms with E-state index in [4.69, 9.17) is 5.73 Å². The number of benzene rings is 1. The molecule has 4 nitrogen and oxygen atoms in total. The average molecular weight is 219 g/mol. The predicted molar refractivity (Wildman–Crippen MR) is 60.5 cm³/mol. The molecule has 1 aromatic rings. The maximum absolute atomic E-state index is 11.2. The molecule has 0 heterocycles. The highest BCUT2D eigenvalue weighted by Crippen LogP contribution is 2.04. The Morgan fingerprint density at radius 3 is 2.50 bits per heavy atom. The van der Waals surface area contributed by atoms with Crippen LogP contribution in [0.25, 0.3) is 0 Å². The summed E-state index contributed by atoms with van der Waals surface area (Å²) in [5.41, 5.74) is 7.83. The van der Waals surface area contributed by atoms with Crippen molar-refractivity contribution in [1.29, 1.82) is 0 Å². The van der Waals surface area contributed by atoms with Crippen LogP contribution in [0.4, 0.5) is 0 Å². The number of amides is 2. The van der Waals surface area contributed by atoms with Gasteiger partial charge in [0.15, 0.2) is 0 Å². The van der Waals surface area contributed by atoms with Gasteiger partial charge in [-0.25, -0.2) is 0 Å². The lowest BCUT2D eigenvalue weighted by Gasteiger charge is -2.02. The van der Waals surface area contributed by atoms with Gasteiger partial charge in [-0.15, -0.1) is 0 Å². The van der Waals surface area contributed by atoms with Gasteiger partial charge in [0.1, 0.15) is 0 Å². The third-order valence-corrected chi connectivity index (χ3v) is 2.16. The zero-order chi connectivity index (χ0) is 11.8. The van der Waals surface area contributed by atoms with Crippen molar-refractivity contribution < 1.29 is 9.59 Å². The van der Waals surface area contributed by atoms with Crippen LogP contribution in [0.3, 0.4) is 0 Å². The highest BCUT2D eigenvalue weighted by Gasteiger charge is 2.02. The molecule has 0 saturated carbocycles. The quantitative estimate of drug-likeness (QED) is 0.773. The van der Waals surface area contributed by atoms with E-state index in [1.54, 1.807) is 0 Å². The molecule has 0 saturated heterocycles. The second-order valence-corrected chi connectivity index (χ2v) is 3.54. The molecule has 0 aromatic heterocycles. The third-order valence-electron chi connectivity index (χ3n) is 2.16. The molecule has 0 aliphatic carbocycles. The smallest absolute Gasteiger partial charge is 0.257 e. The Balaban J connectivity index is 2.16. The molecule has 1 aromatic carbocycles. The Hall–Kier alpha value is -1.84. The molecule has 2 N–H and O–H groups in total. The van der Waals surface area contributed by atoms with Crippen LogP contribution in [0, 0.1) is 0 Å². The summed E-state index contributed by atoms with van der Waals surface area (Å²) in [5.74, 6) is -0.937. The fourth-order valence-electron chi connectivity index (χ4n) is 1.36. The van der Waals surface area contributed by atoms with Gasteiger partial charge in [-0.2, -0.15) is 0 Å². The van der Waals surface area contributed by atoms with Crippen molar-refractivity contribution in [3.63, 3.8) is 0 Å². The Bertz CT molecular complexity index is 349. The predicted octanol–water partition coefficient (Wildman–Crippen LogP) is 0.935. The van der Waals surface area contributed by atoms with E-state index in [0.717, 1.165) is 12.8 Å². The highest BCUT2D eigenvalue weighted by molar-refractivity contribution is 5.83. The van der Waals surface area contributed by atoms with Gasteiger partial charge in [0.05, 0.1) is 6.54 Å². The SMILES string of the molecule is [NH]C(=O)CNC(=O)CCCc1ccccc1. The van der Waals surface area contributed by atoms with E-state index in [1.165, 1.54) is 5.56 Å². The number of aryl methyl sites for hydroxylation is 1. The van der Waals surface area contributed by atoms with E-state index >= 15 is 0 Å². The minimum Gasteiger partial charge on any atom is -0.347 e. The first-order valence-corrected chi connectivity index (χ1v) is 5.23. The normalized spacial score (nSPS) is 9.75. The Labute approximate surface area is 94.8 Å². The minimum atomic E-state index is -0.767. The monoisotopic (exact) mass is 219 g/mol. The molecule has 0 aliphatic heterocycles. The van der Waals surface area contributed by atoms with Gasteiger partial charge < -0.3 is 5.32 Å². The summed E-state index contributed by atoms with van der Waals surface area (Å²) < 4.78 is 0. The van der Waals surface area contributed by atoms with Crippen LogP contribution in [0.5, 0.6) is 0 Å². The maximum atomic E-state index is 11.2. The molecule has 85 valence electrons. The van der Waals surface area contributed by atoms with Crippen molar-refractivity contribution in [3.05, 3.63) is 35.9 Å². The lowest BCUT2D eigenvalue weighted by atomic mass is 10.1. The minimum absolute atomic E-state index is 0.170. The van der Waals surface area contributed by atoms with Crippen molar-refractivity contribution in [1.82, 2.24) is 11.1 Å². The van der Waals surface area contributed by atoms with Crippen LogP contribution in [-0.2, 0) is 16.0 Å². The van der Waals surface area contributed by atoms with Crippen molar-refractivity contribution in [2.75, 3.05) is 6.54 Å². The topological polar surface area (TPSA) is 70.0 Å². The van der Waals surface area contributed by atoms with Crippen LogP contribution in [0.1, 0.15) is 18.4 Å². The van der Waals surface area contributed by atoms with Gasteiger partial charge in [0.25, 0.3) is 5.91 Å². The first-order valence-electron chi connectivity index (χ1n) is 5.23. The maximum Gasteiger partial charge on any atom is 0.257 e. The Kier molecular flexibility index (Phi) is 5.05.